The molecule has 1 heterocycles. The minimum Gasteiger partial charge on any atom is -0.382 e. The van der Waals surface area contributed by atoms with Crippen molar-refractivity contribution in [1.82, 2.24) is 15.5 Å². The molecule has 1 unspecified atom stereocenters. The number of nitrogens with zero attached hydrogens (tertiary/aromatic N) is 2. The van der Waals surface area contributed by atoms with Crippen LogP contribution >= 0.6 is 0 Å². The maximum absolute atomic E-state index is 5.37. The molecule has 0 spiro atoms. The zero-order valence-electron chi connectivity index (χ0n) is 12.9. The van der Waals surface area contributed by atoms with Gasteiger partial charge in [-0.05, 0) is 26.3 Å². The van der Waals surface area contributed by atoms with Crippen LogP contribution in [-0.4, -0.2) is 49.7 Å². The van der Waals surface area contributed by atoms with Crippen molar-refractivity contribution in [2.45, 2.75) is 45.6 Å². The van der Waals surface area contributed by atoms with Gasteiger partial charge in [-0.1, -0.05) is 12.1 Å². The summed E-state index contributed by atoms with van der Waals surface area (Å²) in [4.78, 5) is 4.36. The van der Waals surface area contributed by atoms with E-state index in [1.165, 1.54) is 0 Å². The van der Waals surface area contributed by atoms with Crippen LogP contribution in [0.25, 0.3) is 0 Å². The molecule has 1 aromatic heterocycles. The van der Waals surface area contributed by atoms with Crippen molar-refractivity contribution in [2.75, 3.05) is 33.5 Å². The maximum atomic E-state index is 5.37. The van der Waals surface area contributed by atoms with Gasteiger partial charge in [0.05, 0.1) is 19.8 Å². The highest BCUT2D eigenvalue weighted by Crippen LogP contribution is 2.04. The minimum atomic E-state index is 0.475. The summed E-state index contributed by atoms with van der Waals surface area (Å²) in [6, 6.07) is 0.475. The lowest BCUT2D eigenvalue weighted by Crippen LogP contribution is -2.27. The molecule has 116 valence electrons. The smallest absolute Gasteiger partial charge is 0.226 e. The van der Waals surface area contributed by atoms with Gasteiger partial charge in [-0.15, -0.1) is 0 Å². The molecule has 0 aliphatic rings. The Labute approximate surface area is 121 Å². The van der Waals surface area contributed by atoms with Crippen molar-refractivity contribution in [3.63, 3.8) is 0 Å². The summed E-state index contributed by atoms with van der Waals surface area (Å²) in [5.41, 5.74) is 0. The summed E-state index contributed by atoms with van der Waals surface area (Å²) in [6.45, 7) is 7.20. The Morgan fingerprint density at radius 1 is 1.25 bits per heavy atom. The van der Waals surface area contributed by atoms with Gasteiger partial charge in [-0.3, -0.25) is 0 Å². The standard InChI is InChI=1S/C14H27N3O3/c1-4-8-15-12(2)5-6-14-16-13(17-20-14)7-9-19-11-10-18-3/h12,15H,4-11H2,1-3H3. The van der Waals surface area contributed by atoms with Gasteiger partial charge in [0.15, 0.2) is 5.82 Å². The van der Waals surface area contributed by atoms with Crippen LogP contribution in [0.3, 0.4) is 0 Å². The second kappa shape index (κ2) is 10.8. The first-order valence-corrected chi connectivity index (χ1v) is 7.37. The molecule has 6 nitrogen and oxygen atoms in total. The zero-order valence-corrected chi connectivity index (χ0v) is 12.9. The van der Waals surface area contributed by atoms with Gasteiger partial charge in [0.2, 0.25) is 5.89 Å². The highest BCUT2D eigenvalue weighted by molar-refractivity contribution is 4.87. The van der Waals surface area contributed by atoms with E-state index in [9.17, 15) is 0 Å². The molecular weight excluding hydrogens is 258 g/mol. The fourth-order valence-corrected chi connectivity index (χ4v) is 1.73. The Balaban J connectivity index is 2.15. The first-order valence-electron chi connectivity index (χ1n) is 7.37. The van der Waals surface area contributed by atoms with E-state index in [1.807, 2.05) is 0 Å². The summed E-state index contributed by atoms with van der Waals surface area (Å²) in [5.74, 6) is 1.42. The molecule has 0 radical (unpaired) electrons. The molecule has 0 bridgehead atoms. The Hall–Kier alpha value is -0.980. The summed E-state index contributed by atoms with van der Waals surface area (Å²) in [6.07, 6.45) is 3.65. The van der Waals surface area contributed by atoms with Crippen molar-refractivity contribution >= 4 is 0 Å². The van der Waals surface area contributed by atoms with Crippen molar-refractivity contribution in [2.24, 2.45) is 0 Å². The van der Waals surface area contributed by atoms with E-state index in [1.54, 1.807) is 7.11 Å². The van der Waals surface area contributed by atoms with Crippen LogP contribution in [0.2, 0.25) is 0 Å². The molecule has 0 aliphatic heterocycles. The van der Waals surface area contributed by atoms with Crippen molar-refractivity contribution in [3.05, 3.63) is 11.7 Å². The first-order chi connectivity index (χ1) is 9.76. The van der Waals surface area contributed by atoms with Crippen molar-refractivity contribution < 1.29 is 14.0 Å². The van der Waals surface area contributed by atoms with Gasteiger partial charge in [0.25, 0.3) is 0 Å². The second-order valence-electron chi connectivity index (χ2n) is 4.85. The lowest BCUT2D eigenvalue weighted by Gasteiger charge is -2.10. The quantitative estimate of drug-likeness (QED) is 0.588. The van der Waals surface area contributed by atoms with Crippen molar-refractivity contribution in [3.8, 4) is 0 Å². The summed E-state index contributed by atoms with van der Waals surface area (Å²) < 4.78 is 15.5. The molecule has 6 heteroatoms. The third-order valence-corrected chi connectivity index (χ3v) is 2.95. The molecule has 0 fully saturated rings. The molecule has 0 aromatic carbocycles. The van der Waals surface area contributed by atoms with Crippen LogP contribution in [0, 0.1) is 0 Å². The van der Waals surface area contributed by atoms with Gasteiger partial charge < -0.3 is 19.3 Å². The first kappa shape index (κ1) is 17.1. The molecule has 0 saturated carbocycles. The monoisotopic (exact) mass is 285 g/mol. The largest absolute Gasteiger partial charge is 0.382 e. The maximum Gasteiger partial charge on any atom is 0.226 e. The molecule has 0 aliphatic carbocycles. The molecule has 1 atom stereocenters. The van der Waals surface area contributed by atoms with Crippen LogP contribution < -0.4 is 5.32 Å². The Kier molecular flexibility index (Phi) is 9.19. The Morgan fingerprint density at radius 2 is 2.10 bits per heavy atom. The highest BCUT2D eigenvalue weighted by Gasteiger charge is 2.08. The highest BCUT2D eigenvalue weighted by atomic mass is 16.5. The van der Waals surface area contributed by atoms with Crippen LogP contribution in [-0.2, 0) is 22.3 Å². The molecule has 0 amide bonds. The van der Waals surface area contributed by atoms with E-state index < -0.39 is 0 Å². The lowest BCUT2D eigenvalue weighted by molar-refractivity contribution is 0.0714. The summed E-state index contributed by atoms with van der Waals surface area (Å²) >= 11 is 0. The van der Waals surface area contributed by atoms with E-state index in [4.69, 9.17) is 14.0 Å². The number of nitrogens with one attached hydrogen (secondary N) is 1. The number of hydrogen-bond acceptors (Lipinski definition) is 6. The minimum absolute atomic E-state index is 0.475. The van der Waals surface area contributed by atoms with E-state index in [0.717, 1.165) is 25.8 Å². The SMILES string of the molecule is CCCNC(C)CCc1nc(CCOCCOC)no1. The number of methoxy groups -OCH3 is 1. The molecule has 1 N–H and O–H groups in total. The topological polar surface area (TPSA) is 69.4 Å². The number of aryl methyl sites for hydroxylation is 1. The predicted octanol–water partition coefficient (Wildman–Crippen LogP) is 1.60. The average Bonchev–Trinajstić information content (AvgIpc) is 2.90. The summed E-state index contributed by atoms with van der Waals surface area (Å²) in [7, 11) is 1.66. The molecular formula is C14H27N3O3. The van der Waals surface area contributed by atoms with Crippen LogP contribution in [0.5, 0.6) is 0 Å². The third kappa shape index (κ3) is 7.57. The number of rotatable bonds is 12. The van der Waals surface area contributed by atoms with Crippen molar-refractivity contribution in [1.29, 1.82) is 0 Å². The molecule has 1 rings (SSSR count). The molecule has 20 heavy (non-hydrogen) atoms. The van der Waals surface area contributed by atoms with E-state index >= 15 is 0 Å². The third-order valence-electron chi connectivity index (χ3n) is 2.95. The van der Waals surface area contributed by atoms with Gasteiger partial charge in [-0.2, -0.15) is 4.98 Å². The van der Waals surface area contributed by atoms with Gasteiger partial charge >= 0.3 is 0 Å². The Morgan fingerprint density at radius 3 is 2.85 bits per heavy atom. The predicted molar refractivity (Wildman–Crippen MR) is 76.8 cm³/mol. The second-order valence-corrected chi connectivity index (χ2v) is 4.85. The van der Waals surface area contributed by atoms with Gasteiger partial charge in [-0.25, -0.2) is 0 Å². The lowest BCUT2D eigenvalue weighted by atomic mass is 10.2. The molecule has 0 saturated heterocycles. The van der Waals surface area contributed by atoms with Crippen LogP contribution in [0.15, 0.2) is 4.52 Å². The fourth-order valence-electron chi connectivity index (χ4n) is 1.73. The summed E-state index contributed by atoms with van der Waals surface area (Å²) in [5, 5.41) is 7.40. The number of hydrogen-bond donors (Lipinski definition) is 1. The molecule has 1 aromatic rings. The van der Waals surface area contributed by atoms with Gasteiger partial charge in [0.1, 0.15) is 0 Å². The van der Waals surface area contributed by atoms with Crippen LogP contribution in [0.1, 0.15) is 38.4 Å². The zero-order chi connectivity index (χ0) is 14.6. The van der Waals surface area contributed by atoms with Gasteiger partial charge in [0, 0.05) is 26.0 Å². The fraction of sp³-hybridized carbons (Fsp3) is 0.857. The number of aromatic nitrogens is 2. The van der Waals surface area contributed by atoms with E-state index in [2.05, 4.69) is 29.3 Å². The average molecular weight is 285 g/mol. The van der Waals surface area contributed by atoms with E-state index in [0.29, 0.717) is 44.0 Å². The number of ether oxygens (including phenoxy) is 2. The van der Waals surface area contributed by atoms with E-state index in [-0.39, 0.29) is 0 Å². The Bertz CT molecular complexity index is 344. The van der Waals surface area contributed by atoms with Crippen LogP contribution in [0.4, 0.5) is 0 Å². The normalized spacial score (nSPS) is 12.8.